The zero-order valence-electron chi connectivity index (χ0n) is 11.5. The minimum absolute atomic E-state index is 0.0923. The Hall–Kier alpha value is -2.45. The molecule has 0 saturated heterocycles. The second kappa shape index (κ2) is 6.33. The van der Waals surface area contributed by atoms with Gasteiger partial charge in [-0.3, -0.25) is 4.79 Å². The summed E-state index contributed by atoms with van der Waals surface area (Å²) in [4.78, 5) is 12.7. The molecule has 0 aliphatic rings. The van der Waals surface area contributed by atoms with E-state index in [0.717, 1.165) is 16.3 Å². The van der Waals surface area contributed by atoms with Crippen molar-refractivity contribution in [3.63, 3.8) is 0 Å². The summed E-state index contributed by atoms with van der Waals surface area (Å²) in [5, 5.41) is 2.34. The lowest BCUT2D eigenvalue weighted by Crippen LogP contribution is -2.31. The van der Waals surface area contributed by atoms with Gasteiger partial charge in [-0.25, -0.2) is 0 Å². The molecule has 3 aromatic carbocycles. The van der Waals surface area contributed by atoms with Crippen LogP contribution >= 0.6 is 0 Å². The van der Waals surface area contributed by atoms with E-state index in [2.05, 4.69) is 12.1 Å². The Balaban J connectivity index is 1.95. The molecule has 0 aromatic heterocycles. The van der Waals surface area contributed by atoms with Crippen molar-refractivity contribution in [3.8, 4) is 0 Å². The molecule has 2 radical (unpaired) electrons. The van der Waals surface area contributed by atoms with Crippen molar-refractivity contribution in [2.24, 2.45) is 0 Å². The monoisotopic (exact) mass is 286 g/mol. The van der Waals surface area contributed by atoms with E-state index in [1.54, 1.807) is 0 Å². The zero-order valence-corrected chi connectivity index (χ0v) is 12.5. The molecule has 0 saturated carbocycles. The van der Waals surface area contributed by atoms with Crippen molar-refractivity contribution < 1.29 is 4.79 Å². The van der Waals surface area contributed by atoms with Gasteiger partial charge >= 0.3 is 0 Å². The number of carbonyl (C=O) groups excluding carboxylic acids is 1. The van der Waals surface area contributed by atoms with E-state index in [4.69, 9.17) is 0 Å². The molecule has 3 aromatic rings. The Labute approximate surface area is 127 Å². The lowest BCUT2D eigenvalue weighted by molar-refractivity contribution is 0.104. The van der Waals surface area contributed by atoms with Gasteiger partial charge in [0, 0.05) is 11.1 Å². The van der Waals surface area contributed by atoms with Crippen molar-refractivity contribution in [2.45, 2.75) is 0 Å². The first-order valence-electron chi connectivity index (χ1n) is 6.85. The van der Waals surface area contributed by atoms with Crippen LogP contribution in [0.3, 0.4) is 0 Å². The third-order valence-corrected chi connectivity index (χ3v) is 4.59. The lowest BCUT2D eigenvalue weighted by atomic mass is 10.0. The van der Waals surface area contributed by atoms with Gasteiger partial charge in [0.05, 0.1) is 0 Å². The number of hydrogen-bond donors (Lipinski definition) is 0. The average molecular weight is 286 g/mol. The minimum atomic E-state index is 0.0923. The fourth-order valence-electron chi connectivity index (χ4n) is 2.21. The Morgan fingerprint density at radius 2 is 1.24 bits per heavy atom. The molecule has 1 nitrogen and oxygen atoms in total. The largest absolute Gasteiger partial charge is 0.289 e. The first-order valence-corrected chi connectivity index (χ1v) is 7.85. The van der Waals surface area contributed by atoms with Crippen molar-refractivity contribution in [3.05, 3.63) is 96.1 Å². The minimum Gasteiger partial charge on any atom is -0.289 e. The Kier molecular flexibility index (Phi) is 4.08. The van der Waals surface area contributed by atoms with Crippen LogP contribution in [0, 0.1) is 0 Å². The second-order valence-electron chi connectivity index (χ2n) is 4.73. The van der Waals surface area contributed by atoms with Gasteiger partial charge in [-0.15, -0.1) is 0 Å². The molecule has 0 bridgehead atoms. The summed E-state index contributed by atoms with van der Waals surface area (Å²) in [7, 11) is 0.492. The molecule has 0 atom stereocenters. The van der Waals surface area contributed by atoms with Gasteiger partial charge in [-0.2, -0.15) is 0 Å². The molecule has 100 valence electrons. The van der Waals surface area contributed by atoms with Crippen LogP contribution in [0.2, 0.25) is 0 Å². The maximum absolute atomic E-state index is 12.7. The van der Waals surface area contributed by atoms with Gasteiger partial charge in [-0.1, -0.05) is 90.1 Å². The highest BCUT2D eigenvalue weighted by Gasteiger charge is 2.13. The summed E-state index contributed by atoms with van der Waals surface area (Å²) in [6.07, 6.45) is 0. The maximum atomic E-state index is 12.7. The van der Waals surface area contributed by atoms with E-state index in [9.17, 15) is 4.79 Å². The summed E-state index contributed by atoms with van der Waals surface area (Å²) in [5.41, 5.74) is 1.54. The summed E-state index contributed by atoms with van der Waals surface area (Å²) < 4.78 is 0. The molecule has 0 fully saturated rings. The molecular formula is C19H14OSi. The fraction of sp³-hybridized carbons (Fsp3) is 0. The molecule has 0 heterocycles. The molecule has 0 aliphatic heterocycles. The second-order valence-corrected chi connectivity index (χ2v) is 6.10. The average Bonchev–Trinajstić information content (AvgIpc) is 2.56. The van der Waals surface area contributed by atoms with Crippen molar-refractivity contribution in [2.75, 3.05) is 0 Å². The Morgan fingerprint density at radius 3 is 1.95 bits per heavy atom. The Bertz CT molecular complexity index is 736. The van der Waals surface area contributed by atoms with Gasteiger partial charge in [0.1, 0.15) is 9.52 Å². The van der Waals surface area contributed by atoms with Gasteiger partial charge in [0.2, 0.25) is 0 Å². The molecule has 0 aliphatic carbocycles. The number of ketones is 1. The molecule has 0 amide bonds. The molecule has 0 N–H and O–H groups in total. The van der Waals surface area contributed by atoms with Crippen LogP contribution in [0.4, 0.5) is 0 Å². The smallest absolute Gasteiger partial charge is 0.192 e. The number of benzene rings is 3. The first kappa shape index (κ1) is 13.5. The first-order chi connectivity index (χ1) is 10.3. The highest BCUT2D eigenvalue weighted by atomic mass is 28.2. The van der Waals surface area contributed by atoms with Crippen molar-refractivity contribution >= 4 is 25.7 Å². The summed E-state index contributed by atoms with van der Waals surface area (Å²) in [6.45, 7) is 0. The van der Waals surface area contributed by atoms with Crippen LogP contribution in [0.15, 0.2) is 84.9 Å². The molecular weight excluding hydrogens is 272 g/mol. The van der Waals surface area contributed by atoms with Gasteiger partial charge in [0.15, 0.2) is 5.78 Å². The SMILES string of the molecule is O=C(c1ccccc1)c1ccccc1[Si]c1ccccc1. The predicted molar refractivity (Wildman–Crippen MR) is 87.8 cm³/mol. The van der Waals surface area contributed by atoms with Gasteiger partial charge in [0.25, 0.3) is 0 Å². The number of rotatable bonds is 4. The third-order valence-electron chi connectivity index (χ3n) is 3.26. The van der Waals surface area contributed by atoms with Crippen LogP contribution in [0.5, 0.6) is 0 Å². The molecule has 0 unspecified atom stereocenters. The van der Waals surface area contributed by atoms with Gasteiger partial charge in [-0.05, 0) is 5.19 Å². The topological polar surface area (TPSA) is 17.1 Å². The summed E-state index contributed by atoms with van der Waals surface area (Å²) in [5.74, 6) is 0.0923. The predicted octanol–water partition coefficient (Wildman–Crippen LogP) is 2.57. The van der Waals surface area contributed by atoms with Crippen LogP contribution < -0.4 is 10.4 Å². The Morgan fingerprint density at radius 1 is 0.667 bits per heavy atom. The van der Waals surface area contributed by atoms with E-state index in [1.807, 2.05) is 72.8 Å². The van der Waals surface area contributed by atoms with Crippen LogP contribution in [-0.2, 0) is 0 Å². The molecule has 0 spiro atoms. The van der Waals surface area contributed by atoms with Crippen molar-refractivity contribution in [1.29, 1.82) is 0 Å². The fourth-order valence-corrected chi connectivity index (χ4v) is 3.39. The van der Waals surface area contributed by atoms with E-state index in [0.29, 0.717) is 9.52 Å². The van der Waals surface area contributed by atoms with E-state index >= 15 is 0 Å². The highest BCUT2D eigenvalue weighted by molar-refractivity contribution is 6.68. The van der Waals surface area contributed by atoms with E-state index < -0.39 is 0 Å². The molecule has 2 heteroatoms. The highest BCUT2D eigenvalue weighted by Crippen LogP contribution is 2.07. The maximum Gasteiger partial charge on any atom is 0.192 e. The lowest BCUT2D eigenvalue weighted by Gasteiger charge is -2.08. The number of hydrogen-bond acceptors (Lipinski definition) is 1. The summed E-state index contributed by atoms with van der Waals surface area (Å²) in [6, 6.07) is 27.6. The van der Waals surface area contributed by atoms with Crippen LogP contribution in [0.25, 0.3) is 0 Å². The number of carbonyl (C=O) groups is 1. The quantitative estimate of drug-likeness (QED) is 0.532. The van der Waals surface area contributed by atoms with Crippen LogP contribution in [0.1, 0.15) is 15.9 Å². The van der Waals surface area contributed by atoms with Crippen molar-refractivity contribution in [1.82, 2.24) is 0 Å². The van der Waals surface area contributed by atoms with Gasteiger partial charge < -0.3 is 0 Å². The van der Waals surface area contributed by atoms with Crippen LogP contribution in [-0.4, -0.2) is 15.3 Å². The molecule has 21 heavy (non-hydrogen) atoms. The zero-order chi connectivity index (χ0) is 14.5. The summed E-state index contributed by atoms with van der Waals surface area (Å²) >= 11 is 0. The normalized spacial score (nSPS) is 10.3. The van der Waals surface area contributed by atoms with E-state index in [1.165, 1.54) is 5.19 Å². The molecule has 3 rings (SSSR count). The van der Waals surface area contributed by atoms with E-state index in [-0.39, 0.29) is 5.78 Å². The standard InChI is InChI=1S/C19H14OSi/c20-19(15-9-3-1-4-10-15)17-13-7-8-14-18(17)21-16-11-5-2-6-12-16/h1-14H. The third kappa shape index (κ3) is 3.18.